The lowest BCUT2D eigenvalue weighted by molar-refractivity contribution is -0.139. The second kappa shape index (κ2) is 9.22. The predicted octanol–water partition coefficient (Wildman–Crippen LogP) is 4.38. The van der Waals surface area contributed by atoms with Gasteiger partial charge in [-0.1, -0.05) is 43.6 Å². The molecule has 0 unspecified atom stereocenters. The Labute approximate surface area is 156 Å². The van der Waals surface area contributed by atoms with Crippen molar-refractivity contribution in [1.82, 2.24) is 4.90 Å². The van der Waals surface area contributed by atoms with Crippen molar-refractivity contribution in [2.24, 2.45) is 0 Å². The number of hydrogen-bond donors (Lipinski definition) is 1. The van der Waals surface area contributed by atoms with E-state index in [0.29, 0.717) is 19.4 Å². The molecule has 4 nitrogen and oxygen atoms in total. The zero-order valence-corrected chi connectivity index (χ0v) is 15.7. The van der Waals surface area contributed by atoms with Gasteiger partial charge in [0.2, 0.25) is 5.91 Å². The third-order valence-corrected chi connectivity index (χ3v) is 5.60. The predicted molar refractivity (Wildman–Crippen MR) is 103 cm³/mol. The molecule has 0 heterocycles. The van der Waals surface area contributed by atoms with E-state index < -0.39 is 0 Å². The number of carbonyl (C=O) groups excluding carboxylic acids is 1. The first kappa shape index (κ1) is 19.0. The minimum absolute atomic E-state index is 0.0521. The average Bonchev–Trinajstić information content (AvgIpc) is 2.66. The summed E-state index contributed by atoms with van der Waals surface area (Å²) in [4.78, 5) is 14.1. The van der Waals surface area contributed by atoms with Crippen molar-refractivity contribution in [2.75, 3.05) is 13.3 Å². The van der Waals surface area contributed by atoms with Gasteiger partial charge in [-0.2, -0.15) is 0 Å². The fraction of sp³-hybridized carbons (Fsp3) is 0.591. The molecule has 1 amide bonds. The summed E-state index contributed by atoms with van der Waals surface area (Å²) in [5.41, 5.74) is 3.89. The SMILES string of the molecule is C=C1CC=C2C=C(OCCCC(=O)N(CO)C3CCCCC3)CC=C2C1. The second-order valence-electron chi connectivity index (χ2n) is 7.58. The molecule has 1 N–H and O–H groups in total. The normalized spacial score (nSPS) is 20.7. The van der Waals surface area contributed by atoms with Crippen LogP contribution in [0.5, 0.6) is 0 Å². The molecule has 0 bridgehead atoms. The lowest BCUT2D eigenvalue weighted by Gasteiger charge is -2.32. The molecule has 0 saturated heterocycles. The van der Waals surface area contributed by atoms with Gasteiger partial charge in [-0.05, 0) is 49.3 Å². The molecule has 26 heavy (non-hydrogen) atoms. The van der Waals surface area contributed by atoms with Crippen molar-refractivity contribution in [3.05, 3.63) is 47.3 Å². The molecule has 142 valence electrons. The number of ether oxygens (including phenoxy) is 1. The number of nitrogens with zero attached hydrogens (tertiary/aromatic N) is 1. The Balaban J connectivity index is 1.41. The van der Waals surface area contributed by atoms with E-state index in [9.17, 15) is 9.90 Å². The first-order valence-corrected chi connectivity index (χ1v) is 9.97. The molecule has 0 aliphatic heterocycles. The highest BCUT2D eigenvalue weighted by Crippen LogP contribution is 2.33. The molecule has 3 aliphatic rings. The van der Waals surface area contributed by atoms with Gasteiger partial charge in [0.15, 0.2) is 0 Å². The smallest absolute Gasteiger partial charge is 0.224 e. The first-order valence-electron chi connectivity index (χ1n) is 9.97. The number of allylic oxidation sites excluding steroid dienone is 6. The van der Waals surface area contributed by atoms with E-state index in [-0.39, 0.29) is 18.7 Å². The van der Waals surface area contributed by atoms with Crippen molar-refractivity contribution in [3.8, 4) is 0 Å². The van der Waals surface area contributed by atoms with Crippen LogP contribution in [0.15, 0.2) is 47.3 Å². The van der Waals surface area contributed by atoms with Crippen LogP contribution < -0.4 is 0 Å². The van der Waals surface area contributed by atoms with Gasteiger partial charge >= 0.3 is 0 Å². The fourth-order valence-electron chi connectivity index (χ4n) is 4.09. The minimum Gasteiger partial charge on any atom is -0.498 e. The van der Waals surface area contributed by atoms with Crippen molar-refractivity contribution >= 4 is 5.91 Å². The Bertz CT molecular complexity index is 623. The van der Waals surface area contributed by atoms with Crippen LogP contribution in [-0.2, 0) is 9.53 Å². The Morgan fingerprint density at radius 3 is 2.81 bits per heavy atom. The largest absolute Gasteiger partial charge is 0.498 e. The van der Waals surface area contributed by atoms with E-state index in [1.165, 1.54) is 23.1 Å². The van der Waals surface area contributed by atoms with Crippen molar-refractivity contribution in [2.45, 2.75) is 70.3 Å². The van der Waals surface area contributed by atoms with Crippen LogP contribution in [0.1, 0.15) is 64.2 Å². The third-order valence-electron chi connectivity index (χ3n) is 5.60. The van der Waals surface area contributed by atoms with Crippen molar-refractivity contribution in [1.29, 1.82) is 0 Å². The van der Waals surface area contributed by atoms with Crippen LogP contribution in [0.2, 0.25) is 0 Å². The molecule has 0 radical (unpaired) electrons. The summed E-state index contributed by atoms with van der Waals surface area (Å²) in [6.45, 7) is 4.45. The van der Waals surface area contributed by atoms with Gasteiger partial charge in [0.1, 0.15) is 12.5 Å². The molecule has 4 heteroatoms. The summed E-state index contributed by atoms with van der Waals surface area (Å²) in [7, 11) is 0. The number of amides is 1. The highest BCUT2D eigenvalue weighted by Gasteiger charge is 2.24. The van der Waals surface area contributed by atoms with Gasteiger partial charge < -0.3 is 14.7 Å². The van der Waals surface area contributed by atoms with Crippen LogP contribution in [0, 0.1) is 0 Å². The highest BCUT2D eigenvalue weighted by molar-refractivity contribution is 5.76. The molecule has 0 atom stereocenters. The van der Waals surface area contributed by atoms with Crippen LogP contribution in [0.25, 0.3) is 0 Å². The summed E-state index contributed by atoms with van der Waals surface area (Å²) in [5, 5.41) is 9.58. The quantitative estimate of drug-likeness (QED) is 0.418. The van der Waals surface area contributed by atoms with Crippen molar-refractivity contribution in [3.63, 3.8) is 0 Å². The van der Waals surface area contributed by atoms with E-state index in [1.54, 1.807) is 4.90 Å². The molecule has 0 aromatic rings. The van der Waals surface area contributed by atoms with Crippen LogP contribution in [0.3, 0.4) is 0 Å². The molecular formula is C22H31NO3. The Morgan fingerprint density at radius 2 is 2.04 bits per heavy atom. The van der Waals surface area contributed by atoms with Gasteiger partial charge in [0, 0.05) is 18.9 Å². The number of hydrogen-bond acceptors (Lipinski definition) is 3. The minimum atomic E-state index is -0.164. The van der Waals surface area contributed by atoms with E-state index >= 15 is 0 Å². The molecule has 3 aliphatic carbocycles. The summed E-state index contributed by atoms with van der Waals surface area (Å²) < 4.78 is 5.89. The Hall–Kier alpha value is -1.81. The lowest BCUT2D eigenvalue weighted by atomic mass is 9.87. The first-order chi connectivity index (χ1) is 12.7. The van der Waals surface area contributed by atoms with Gasteiger partial charge in [-0.25, -0.2) is 0 Å². The van der Waals surface area contributed by atoms with Gasteiger partial charge in [-0.15, -0.1) is 0 Å². The molecule has 3 rings (SSSR count). The zero-order chi connectivity index (χ0) is 18.4. The summed E-state index contributed by atoms with van der Waals surface area (Å²) >= 11 is 0. The molecule has 0 aromatic carbocycles. The second-order valence-corrected chi connectivity index (χ2v) is 7.58. The maximum absolute atomic E-state index is 12.4. The summed E-state index contributed by atoms with van der Waals surface area (Å²) in [6, 6.07) is 0.222. The number of aliphatic hydroxyl groups excluding tert-OH is 1. The summed E-state index contributed by atoms with van der Waals surface area (Å²) in [5.74, 6) is 1.03. The number of aliphatic hydroxyl groups is 1. The molecule has 1 fully saturated rings. The molecule has 1 saturated carbocycles. The molecular weight excluding hydrogens is 326 g/mol. The topological polar surface area (TPSA) is 49.8 Å². The van der Waals surface area contributed by atoms with Crippen LogP contribution in [-0.4, -0.2) is 35.3 Å². The van der Waals surface area contributed by atoms with Gasteiger partial charge in [0.25, 0.3) is 0 Å². The van der Waals surface area contributed by atoms with E-state index in [4.69, 9.17) is 4.74 Å². The van der Waals surface area contributed by atoms with E-state index in [1.807, 2.05) is 0 Å². The Kier molecular flexibility index (Phi) is 6.73. The lowest BCUT2D eigenvalue weighted by Crippen LogP contribution is -2.42. The number of fused-ring (bicyclic) bond motifs is 1. The number of carbonyl (C=O) groups is 1. The highest BCUT2D eigenvalue weighted by atomic mass is 16.5. The molecule has 0 aromatic heterocycles. The summed E-state index contributed by atoms with van der Waals surface area (Å²) in [6.07, 6.45) is 16.0. The zero-order valence-electron chi connectivity index (χ0n) is 15.7. The average molecular weight is 357 g/mol. The standard InChI is InChI=1S/C22H31NO3/c1-17-9-10-19-15-21(12-11-18(19)14-17)26-13-5-8-22(25)23(16-24)20-6-3-2-4-7-20/h10-11,15,20,24H,1-9,12-14,16H2. The van der Waals surface area contributed by atoms with E-state index in [2.05, 4.69) is 24.8 Å². The maximum Gasteiger partial charge on any atom is 0.224 e. The number of rotatable bonds is 7. The molecule has 0 spiro atoms. The fourth-order valence-corrected chi connectivity index (χ4v) is 4.09. The third kappa shape index (κ3) is 4.88. The van der Waals surface area contributed by atoms with Crippen LogP contribution in [0.4, 0.5) is 0 Å². The van der Waals surface area contributed by atoms with Crippen LogP contribution >= 0.6 is 0 Å². The Morgan fingerprint density at radius 1 is 1.23 bits per heavy atom. The van der Waals surface area contributed by atoms with Crippen molar-refractivity contribution < 1.29 is 14.6 Å². The van der Waals surface area contributed by atoms with Gasteiger partial charge in [-0.3, -0.25) is 4.79 Å². The van der Waals surface area contributed by atoms with E-state index in [0.717, 1.165) is 50.7 Å². The van der Waals surface area contributed by atoms with Gasteiger partial charge in [0.05, 0.1) is 6.61 Å². The monoisotopic (exact) mass is 357 g/mol. The maximum atomic E-state index is 12.4.